The smallest absolute Gasteiger partial charge is 0.282 e. The SMILES string of the molecule is CNC(C)Cc1noc(-c2cc(OC)ccc2[N+](=O)[O-])n1.Cl. The van der Waals surface area contributed by atoms with Gasteiger partial charge in [0.1, 0.15) is 11.3 Å². The number of nitro groups is 1. The van der Waals surface area contributed by atoms with Gasteiger partial charge in [-0.1, -0.05) is 5.16 Å². The largest absolute Gasteiger partial charge is 0.497 e. The highest BCUT2D eigenvalue weighted by molar-refractivity contribution is 5.85. The maximum absolute atomic E-state index is 11.1. The molecule has 8 nitrogen and oxygen atoms in total. The van der Waals surface area contributed by atoms with Crippen molar-refractivity contribution in [2.75, 3.05) is 14.2 Å². The highest BCUT2D eigenvalue weighted by atomic mass is 35.5. The number of benzene rings is 1. The molecule has 1 aromatic heterocycles. The van der Waals surface area contributed by atoms with Crippen molar-refractivity contribution in [3.63, 3.8) is 0 Å². The molecule has 0 fully saturated rings. The molecule has 1 N–H and O–H groups in total. The highest BCUT2D eigenvalue weighted by Gasteiger charge is 2.22. The number of rotatable bonds is 6. The molecular weight excluding hydrogens is 312 g/mol. The normalized spacial score (nSPS) is 11.6. The first-order chi connectivity index (χ1) is 10.0. The number of nitrogens with zero attached hydrogens (tertiary/aromatic N) is 3. The van der Waals surface area contributed by atoms with E-state index in [9.17, 15) is 10.1 Å². The van der Waals surface area contributed by atoms with E-state index in [1.165, 1.54) is 25.3 Å². The predicted octanol–water partition coefficient (Wildman–Crippen LogP) is 2.23. The first-order valence-corrected chi connectivity index (χ1v) is 6.37. The van der Waals surface area contributed by atoms with E-state index in [1.807, 2.05) is 14.0 Å². The maximum Gasteiger partial charge on any atom is 0.282 e. The van der Waals surface area contributed by atoms with Crippen molar-refractivity contribution >= 4 is 18.1 Å². The summed E-state index contributed by atoms with van der Waals surface area (Å²) in [6.07, 6.45) is 0.567. The Bertz CT molecular complexity index is 647. The zero-order valence-corrected chi connectivity index (χ0v) is 13.2. The van der Waals surface area contributed by atoms with Crippen LogP contribution in [-0.4, -0.2) is 35.3 Å². The summed E-state index contributed by atoms with van der Waals surface area (Å²) < 4.78 is 10.2. The minimum Gasteiger partial charge on any atom is -0.497 e. The molecule has 0 radical (unpaired) electrons. The first kappa shape index (κ1) is 17.9. The van der Waals surface area contributed by atoms with E-state index < -0.39 is 4.92 Å². The summed E-state index contributed by atoms with van der Waals surface area (Å²) in [6.45, 7) is 1.98. The fraction of sp³-hybridized carbons (Fsp3) is 0.385. The molecule has 0 bridgehead atoms. The van der Waals surface area contributed by atoms with Gasteiger partial charge < -0.3 is 14.6 Å². The molecule has 0 spiro atoms. The van der Waals surface area contributed by atoms with Crippen LogP contribution in [0.1, 0.15) is 12.7 Å². The number of likely N-dealkylation sites (N-methyl/N-ethyl adjacent to an activating group) is 1. The number of hydrogen-bond acceptors (Lipinski definition) is 7. The van der Waals surface area contributed by atoms with Crippen LogP contribution >= 0.6 is 12.4 Å². The third-order valence-electron chi connectivity index (χ3n) is 3.08. The third-order valence-corrected chi connectivity index (χ3v) is 3.08. The number of methoxy groups -OCH3 is 1. The van der Waals surface area contributed by atoms with Crippen LogP contribution < -0.4 is 10.1 Å². The molecule has 22 heavy (non-hydrogen) atoms. The average Bonchev–Trinajstić information content (AvgIpc) is 2.94. The second-order valence-electron chi connectivity index (χ2n) is 4.55. The lowest BCUT2D eigenvalue weighted by Gasteiger charge is -2.04. The van der Waals surface area contributed by atoms with E-state index in [0.29, 0.717) is 18.0 Å². The van der Waals surface area contributed by atoms with Crippen LogP contribution in [0.3, 0.4) is 0 Å². The van der Waals surface area contributed by atoms with Crippen LogP contribution in [0.2, 0.25) is 0 Å². The van der Waals surface area contributed by atoms with Crippen LogP contribution in [0, 0.1) is 10.1 Å². The van der Waals surface area contributed by atoms with Gasteiger partial charge in [0.25, 0.3) is 11.6 Å². The van der Waals surface area contributed by atoms with Crippen molar-refractivity contribution in [3.8, 4) is 17.2 Å². The second-order valence-corrected chi connectivity index (χ2v) is 4.55. The minimum atomic E-state index is -0.491. The molecule has 1 heterocycles. The van der Waals surface area contributed by atoms with Gasteiger partial charge >= 0.3 is 0 Å². The number of hydrogen-bond donors (Lipinski definition) is 1. The number of aromatic nitrogens is 2. The van der Waals surface area contributed by atoms with Crippen molar-refractivity contribution in [1.82, 2.24) is 15.5 Å². The van der Waals surface area contributed by atoms with Crippen molar-refractivity contribution in [3.05, 3.63) is 34.1 Å². The monoisotopic (exact) mass is 328 g/mol. The summed E-state index contributed by atoms with van der Waals surface area (Å²) in [5.41, 5.74) is 0.142. The van der Waals surface area contributed by atoms with Gasteiger partial charge in [-0.15, -0.1) is 12.4 Å². The predicted molar refractivity (Wildman–Crippen MR) is 82.4 cm³/mol. The summed E-state index contributed by atoms with van der Waals surface area (Å²) in [5, 5.41) is 18.0. The average molecular weight is 329 g/mol. The summed E-state index contributed by atoms with van der Waals surface area (Å²) in [7, 11) is 3.32. The molecule has 0 aliphatic heterocycles. The van der Waals surface area contributed by atoms with Gasteiger partial charge in [-0.25, -0.2) is 0 Å². The van der Waals surface area contributed by atoms with Gasteiger partial charge in [-0.2, -0.15) is 4.98 Å². The summed E-state index contributed by atoms with van der Waals surface area (Å²) in [6, 6.07) is 4.56. The van der Waals surface area contributed by atoms with Gasteiger partial charge in [-0.05, 0) is 26.1 Å². The van der Waals surface area contributed by atoms with Crippen LogP contribution in [0.5, 0.6) is 5.75 Å². The Kier molecular flexibility index (Phi) is 6.26. The maximum atomic E-state index is 11.1. The van der Waals surface area contributed by atoms with Gasteiger partial charge in [0.05, 0.1) is 12.0 Å². The summed E-state index contributed by atoms with van der Waals surface area (Å²) in [5.74, 6) is 1.09. The standard InChI is InChI=1S/C13H16N4O4.ClH/c1-8(14-2)6-12-15-13(21-16-12)10-7-9(20-3)4-5-11(10)17(18)19;/h4-5,7-8,14H,6H2,1-3H3;1H. The topological polar surface area (TPSA) is 103 Å². The molecule has 120 valence electrons. The Morgan fingerprint density at radius 3 is 2.82 bits per heavy atom. The van der Waals surface area contributed by atoms with Crippen LogP contribution in [0.25, 0.3) is 11.5 Å². The van der Waals surface area contributed by atoms with Crippen LogP contribution in [-0.2, 0) is 6.42 Å². The molecule has 9 heteroatoms. The Morgan fingerprint density at radius 2 is 2.23 bits per heavy atom. The second kappa shape index (κ2) is 7.71. The molecule has 0 saturated heterocycles. The molecular formula is C13H17ClN4O4. The Morgan fingerprint density at radius 1 is 1.50 bits per heavy atom. The van der Waals surface area contributed by atoms with E-state index >= 15 is 0 Å². The van der Waals surface area contributed by atoms with Crippen molar-refractivity contribution in [2.45, 2.75) is 19.4 Å². The number of halogens is 1. The minimum absolute atomic E-state index is 0. The van der Waals surface area contributed by atoms with E-state index in [2.05, 4.69) is 15.5 Å². The molecule has 1 unspecified atom stereocenters. The quantitative estimate of drug-likeness (QED) is 0.640. The fourth-order valence-corrected chi connectivity index (χ4v) is 1.79. The third kappa shape index (κ3) is 3.92. The lowest BCUT2D eigenvalue weighted by Crippen LogP contribution is -2.24. The van der Waals surface area contributed by atoms with Crippen molar-refractivity contribution in [2.24, 2.45) is 0 Å². The zero-order valence-electron chi connectivity index (χ0n) is 12.4. The molecule has 0 aliphatic rings. The zero-order chi connectivity index (χ0) is 15.4. The fourth-order valence-electron chi connectivity index (χ4n) is 1.79. The van der Waals surface area contributed by atoms with Crippen LogP contribution in [0.4, 0.5) is 5.69 Å². The molecule has 2 rings (SSSR count). The van der Waals surface area contributed by atoms with E-state index in [4.69, 9.17) is 9.26 Å². The van der Waals surface area contributed by atoms with E-state index in [1.54, 1.807) is 0 Å². The highest BCUT2D eigenvalue weighted by Crippen LogP contribution is 2.32. The number of nitro benzene ring substituents is 1. The lowest BCUT2D eigenvalue weighted by atomic mass is 10.1. The van der Waals surface area contributed by atoms with Gasteiger partial charge in [0, 0.05) is 18.5 Å². The molecule has 0 amide bonds. The summed E-state index contributed by atoms with van der Waals surface area (Å²) >= 11 is 0. The van der Waals surface area contributed by atoms with E-state index in [0.717, 1.165) is 0 Å². The summed E-state index contributed by atoms with van der Waals surface area (Å²) in [4.78, 5) is 14.8. The number of ether oxygens (including phenoxy) is 1. The molecule has 0 aliphatic carbocycles. The molecule has 1 aromatic carbocycles. The Hall–Kier alpha value is -2.19. The van der Waals surface area contributed by atoms with Gasteiger partial charge in [-0.3, -0.25) is 10.1 Å². The Labute approximate surface area is 133 Å². The first-order valence-electron chi connectivity index (χ1n) is 6.37. The molecule has 2 aromatic rings. The van der Waals surface area contributed by atoms with Crippen molar-refractivity contribution < 1.29 is 14.2 Å². The molecule has 0 saturated carbocycles. The molecule has 1 atom stereocenters. The number of nitrogens with one attached hydrogen (secondary N) is 1. The Balaban J connectivity index is 0.00000242. The lowest BCUT2D eigenvalue weighted by molar-refractivity contribution is -0.384. The van der Waals surface area contributed by atoms with Crippen molar-refractivity contribution in [1.29, 1.82) is 0 Å². The van der Waals surface area contributed by atoms with Gasteiger partial charge in [0.15, 0.2) is 5.82 Å². The van der Waals surface area contributed by atoms with Crippen LogP contribution in [0.15, 0.2) is 22.7 Å². The van der Waals surface area contributed by atoms with Gasteiger partial charge in [0.2, 0.25) is 0 Å². The van der Waals surface area contributed by atoms with E-state index in [-0.39, 0.29) is 35.6 Å².